The lowest BCUT2D eigenvalue weighted by atomic mass is 9.95. The van der Waals surface area contributed by atoms with E-state index in [0.717, 1.165) is 6.07 Å². The predicted molar refractivity (Wildman–Crippen MR) is 74.2 cm³/mol. The van der Waals surface area contributed by atoms with Gasteiger partial charge in [-0.2, -0.15) is 4.31 Å². The van der Waals surface area contributed by atoms with Crippen LogP contribution >= 0.6 is 0 Å². The number of piperidine rings is 1. The SMILES string of the molecule is Cc1c(F)cc(N)cc1S(=O)(=O)N1CCC(C)(O)CC1. The second-order valence-electron chi connectivity index (χ2n) is 5.53. The van der Waals surface area contributed by atoms with E-state index < -0.39 is 21.4 Å². The lowest BCUT2D eigenvalue weighted by molar-refractivity contribution is 0.0126. The Morgan fingerprint density at radius 1 is 1.35 bits per heavy atom. The molecule has 112 valence electrons. The van der Waals surface area contributed by atoms with E-state index in [2.05, 4.69) is 0 Å². The number of aliphatic hydroxyl groups is 1. The molecule has 2 rings (SSSR count). The monoisotopic (exact) mass is 302 g/mol. The first kappa shape index (κ1) is 15.2. The fourth-order valence-corrected chi connectivity index (χ4v) is 4.00. The van der Waals surface area contributed by atoms with Crippen molar-refractivity contribution in [3.8, 4) is 0 Å². The molecule has 0 radical (unpaired) electrons. The first-order valence-electron chi connectivity index (χ1n) is 6.42. The molecule has 0 unspecified atom stereocenters. The molecule has 1 aromatic rings. The van der Waals surface area contributed by atoms with E-state index in [-0.39, 0.29) is 29.2 Å². The Bertz CT molecular complexity index is 619. The third-order valence-corrected chi connectivity index (χ3v) is 5.76. The Hall–Kier alpha value is -1.18. The van der Waals surface area contributed by atoms with Crippen LogP contribution in [0.4, 0.5) is 10.1 Å². The van der Waals surface area contributed by atoms with E-state index in [1.165, 1.54) is 17.3 Å². The van der Waals surface area contributed by atoms with Crippen LogP contribution in [0.1, 0.15) is 25.3 Å². The number of hydrogen-bond donors (Lipinski definition) is 2. The molecule has 0 aromatic heterocycles. The van der Waals surface area contributed by atoms with Crippen LogP contribution in [0.5, 0.6) is 0 Å². The maximum absolute atomic E-state index is 13.7. The van der Waals surface area contributed by atoms with Crippen LogP contribution in [-0.2, 0) is 10.0 Å². The van der Waals surface area contributed by atoms with Crippen LogP contribution in [0.15, 0.2) is 17.0 Å². The summed E-state index contributed by atoms with van der Waals surface area (Å²) in [6.07, 6.45) is 0.714. The summed E-state index contributed by atoms with van der Waals surface area (Å²) in [5.74, 6) is -0.632. The van der Waals surface area contributed by atoms with Gasteiger partial charge < -0.3 is 10.8 Å². The molecule has 7 heteroatoms. The molecular weight excluding hydrogens is 283 g/mol. The number of hydrogen-bond acceptors (Lipinski definition) is 4. The van der Waals surface area contributed by atoms with Gasteiger partial charge in [0, 0.05) is 24.3 Å². The summed E-state index contributed by atoms with van der Waals surface area (Å²) in [5, 5.41) is 9.87. The molecule has 0 amide bonds. The third kappa shape index (κ3) is 2.79. The number of anilines is 1. The first-order valence-corrected chi connectivity index (χ1v) is 7.86. The second-order valence-corrected chi connectivity index (χ2v) is 7.43. The number of nitrogen functional groups attached to an aromatic ring is 1. The van der Waals surface area contributed by atoms with Gasteiger partial charge in [0.05, 0.1) is 10.5 Å². The van der Waals surface area contributed by atoms with Gasteiger partial charge in [-0.25, -0.2) is 12.8 Å². The van der Waals surface area contributed by atoms with Crippen molar-refractivity contribution in [2.24, 2.45) is 0 Å². The zero-order chi connectivity index (χ0) is 15.1. The average Bonchev–Trinajstić information content (AvgIpc) is 2.33. The van der Waals surface area contributed by atoms with Crippen LogP contribution in [-0.4, -0.2) is 36.5 Å². The first-order chi connectivity index (χ1) is 9.13. The Balaban J connectivity index is 2.37. The van der Waals surface area contributed by atoms with E-state index in [4.69, 9.17) is 5.73 Å². The lowest BCUT2D eigenvalue weighted by Gasteiger charge is -2.35. The highest BCUT2D eigenvalue weighted by atomic mass is 32.2. The third-order valence-electron chi connectivity index (χ3n) is 3.74. The summed E-state index contributed by atoms with van der Waals surface area (Å²) >= 11 is 0. The number of sulfonamides is 1. The van der Waals surface area contributed by atoms with Crippen LogP contribution in [0.2, 0.25) is 0 Å². The molecule has 3 N–H and O–H groups in total. The molecule has 1 saturated heterocycles. The molecule has 0 spiro atoms. The zero-order valence-electron chi connectivity index (χ0n) is 11.6. The van der Waals surface area contributed by atoms with Crippen molar-refractivity contribution in [3.05, 3.63) is 23.5 Å². The second kappa shape index (κ2) is 4.98. The van der Waals surface area contributed by atoms with E-state index in [1.807, 2.05) is 0 Å². The van der Waals surface area contributed by atoms with Gasteiger partial charge in [-0.1, -0.05) is 0 Å². The van der Waals surface area contributed by atoms with Crippen molar-refractivity contribution < 1.29 is 17.9 Å². The molecule has 5 nitrogen and oxygen atoms in total. The minimum Gasteiger partial charge on any atom is -0.399 e. The van der Waals surface area contributed by atoms with Gasteiger partial charge in [-0.05, 0) is 38.8 Å². The quantitative estimate of drug-likeness (QED) is 0.805. The highest BCUT2D eigenvalue weighted by molar-refractivity contribution is 7.89. The largest absolute Gasteiger partial charge is 0.399 e. The highest BCUT2D eigenvalue weighted by Gasteiger charge is 2.35. The molecule has 1 aromatic carbocycles. The average molecular weight is 302 g/mol. The maximum atomic E-state index is 13.7. The van der Waals surface area contributed by atoms with Crippen LogP contribution in [0.25, 0.3) is 0 Å². The summed E-state index contributed by atoms with van der Waals surface area (Å²) < 4.78 is 40.0. The van der Waals surface area contributed by atoms with E-state index in [0.29, 0.717) is 12.8 Å². The zero-order valence-corrected chi connectivity index (χ0v) is 12.4. The van der Waals surface area contributed by atoms with Crippen LogP contribution < -0.4 is 5.73 Å². The molecular formula is C13H19FN2O3S. The molecule has 0 saturated carbocycles. The van der Waals surface area contributed by atoms with E-state index in [1.54, 1.807) is 6.92 Å². The minimum atomic E-state index is -3.79. The molecule has 1 aliphatic rings. The van der Waals surface area contributed by atoms with Gasteiger partial charge in [0.25, 0.3) is 0 Å². The Labute approximate surface area is 118 Å². The standard InChI is InChI=1S/C13H19FN2O3S/c1-9-11(14)7-10(15)8-12(9)20(18,19)16-5-3-13(2,17)4-6-16/h7-8,17H,3-6,15H2,1-2H3. The van der Waals surface area contributed by atoms with Crippen molar-refractivity contribution in [3.63, 3.8) is 0 Å². The van der Waals surface area contributed by atoms with Crippen molar-refractivity contribution >= 4 is 15.7 Å². The highest BCUT2D eigenvalue weighted by Crippen LogP contribution is 2.29. The normalized spacial score (nSPS) is 20.0. The van der Waals surface area contributed by atoms with E-state index >= 15 is 0 Å². The Kier molecular flexibility index (Phi) is 3.79. The van der Waals surface area contributed by atoms with Crippen LogP contribution in [0.3, 0.4) is 0 Å². The Morgan fingerprint density at radius 3 is 2.45 bits per heavy atom. The van der Waals surface area contributed by atoms with Gasteiger partial charge in [-0.3, -0.25) is 0 Å². The van der Waals surface area contributed by atoms with Gasteiger partial charge in [0.15, 0.2) is 0 Å². The molecule has 20 heavy (non-hydrogen) atoms. The number of rotatable bonds is 2. The van der Waals surface area contributed by atoms with Crippen molar-refractivity contribution in [2.45, 2.75) is 37.2 Å². The number of nitrogens with two attached hydrogens (primary N) is 1. The molecule has 1 aliphatic heterocycles. The summed E-state index contributed by atoms with van der Waals surface area (Å²) in [4.78, 5) is -0.100. The van der Waals surface area contributed by atoms with Crippen molar-refractivity contribution in [2.75, 3.05) is 18.8 Å². The fraction of sp³-hybridized carbons (Fsp3) is 0.538. The van der Waals surface area contributed by atoms with Gasteiger partial charge in [0.2, 0.25) is 10.0 Å². The van der Waals surface area contributed by atoms with Crippen molar-refractivity contribution in [1.29, 1.82) is 0 Å². The summed E-state index contributed by atoms with van der Waals surface area (Å²) in [5.41, 5.74) is 4.84. The van der Waals surface area contributed by atoms with Gasteiger partial charge in [-0.15, -0.1) is 0 Å². The number of halogens is 1. The van der Waals surface area contributed by atoms with Gasteiger partial charge >= 0.3 is 0 Å². The molecule has 0 aliphatic carbocycles. The van der Waals surface area contributed by atoms with Crippen LogP contribution in [0, 0.1) is 12.7 Å². The topological polar surface area (TPSA) is 83.6 Å². The minimum absolute atomic E-state index is 0.0662. The molecule has 0 atom stereocenters. The molecule has 1 fully saturated rings. The maximum Gasteiger partial charge on any atom is 0.243 e. The van der Waals surface area contributed by atoms with E-state index in [9.17, 15) is 17.9 Å². The summed E-state index contributed by atoms with van der Waals surface area (Å²) in [6.45, 7) is 3.53. The smallest absolute Gasteiger partial charge is 0.243 e. The predicted octanol–water partition coefficient (Wildman–Crippen LogP) is 1.25. The number of benzene rings is 1. The van der Waals surface area contributed by atoms with Gasteiger partial charge in [0.1, 0.15) is 5.82 Å². The fourth-order valence-electron chi connectivity index (χ4n) is 2.29. The summed E-state index contributed by atoms with van der Waals surface area (Å²) in [6, 6.07) is 2.38. The molecule has 0 bridgehead atoms. The Morgan fingerprint density at radius 2 is 1.90 bits per heavy atom. The van der Waals surface area contributed by atoms with Crippen molar-refractivity contribution in [1.82, 2.24) is 4.31 Å². The number of nitrogens with zero attached hydrogens (tertiary/aromatic N) is 1. The molecule has 1 heterocycles. The summed E-state index contributed by atoms with van der Waals surface area (Å²) in [7, 11) is -3.79. The lowest BCUT2D eigenvalue weighted by Crippen LogP contribution is -2.45.